The van der Waals surface area contributed by atoms with E-state index >= 15 is 0 Å². The molecule has 0 heterocycles. The Morgan fingerprint density at radius 3 is 2.00 bits per heavy atom. The maximum atomic E-state index is 11.2. The number of carbonyl (C=O) groups excluding carboxylic acids is 2. The zero-order chi connectivity index (χ0) is 11.5. The van der Waals surface area contributed by atoms with Gasteiger partial charge in [-0.3, -0.25) is 9.59 Å². The third-order valence-corrected chi connectivity index (χ3v) is 2.06. The number of unbranched alkanes of at least 4 members (excludes halogenated alkanes) is 2. The van der Waals surface area contributed by atoms with Gasteiger partial charge in [0.25, 0.3) is 0 Å². The molecule has 0 saturated carbocycles. The van der Waals surface area contributed by atoms with Crippen LogP contribution in [0.3, 0.4) is 0 Å². The summed E-state index contributed by atoms with van der Waals surface area (Å²) in [4.78, 5) is 22.2. The van der Waals surface area contributed by atoms with Crippen LogP contribution in [0.1, 0.15) is 52.4 Å². The third-order valence-electron chi connectivity index (χ3n) is 2.06. The Morgan fingerprint density at radius 1 is 0.867 bits per heavy atom. The van der Waals surface area contributed by atoms with Crippen molar-refractivity contribution in [2.45, 2.75) is 52.4 Å². The van der Waals surface area contributed by atoms with Crippen LogP contribution in [0.4, 0.5) is 0 Å². The SMILES string of the molecule is CCCCCC(=O)NCNC(=O)CCC. The van der Waals surface area contributed by atoms with E-state index in [0.29, 0.717) is 12.8 Å². The molecular weight excluding hydrogens is 192 g/mol. The average molecular weight is 214 g/mol. The fraction of sp³-hybridized carbons (Fsp3) is 0.818. The standard InChI is InChI=1S/C11H22N2O2/c1-3-5-6-8-11(15)13-9-12-10(14)7-4-2/h3-9H2,1-2H3,(H,12,14)(H,13,15). The van der Waals surface area contributed by atoms with Crippen LogP contribution in [0.15, 0.2) is 0 Å². The lowest BCUT2D eigenvalue weighted by atomic mass is 10.2. The maximum Gasteiger partial charge on any atom is 0.221 e. The zero-order valence-corrected chi connectivity index (χ0v) is 9.77. The van der Waals surface area contributed by atoms with E-state index in [0.717, 1.165) is 25.7 Å². The van der Waals surface area contributed by atoms with Gasteiger partial charge in [-0.1, -0.05) is 26.7 Å². The predicted octanol–water partition coefficient (Wildman–Crippen LogP) is 1.56. The van der Waals surface area contributed by atoms with Crippen molar-refractivity contribution < 1.29 is 9.59 Å². The second-order valence-electron chi connectivity index (χ2n) is 3.58. The second kappa shape index (κ2) is 9.49. The summed E-state index contributed by atoms with van der Waals surface area (Å²) in [5, 5.41) is 5.29. The first-order chi connectivity index (χ1) is 7.20. The summed E-state index contributed by atoms with van der Waals surface area (Å²) in [5.74, 6) is 0.00612. The van der Waals surface area contributed by atoms with Gasteiger partial charge in [0.1, 0.15) is 0 Å². The van der Waals surface area contributed by atoms with Crippen molar-refractivity contribution in [3.8, 4) is 0 Å². The van der Waals surface area contributed by atoms with E-state index < -0.39 is 0 Å². The Balaban J connectivity index is 3.34. The highest BCUT2D eigenvalue weighted by atomic mass is 16.2. The minimum atomic E-state index is -0.00800. The second-order valence-corrected chi connectivity index (χ2v) is 3.58. The van der Waals surface area contributed by atoms with Crippen LogP contribution in [0.25, 0.3) is 0 Å². The number of hydrogen-bond donors (Lipinski definition) is 2. The van der Waals surface area contributed by atoms with E-state index in [-0.39, 0.29) is 18.5 Å². The summed E-state index contributed by atoms with van der Waals surface area (Å²) in [7, 11) is 0. The van der Waals surface area contributed by atoms with E-state index in [2.05, 4.69) is 17.6 Å². The maximum absolute atomic E-state index is 11.2. The zero-order valence-electron chi connectivity index (χ0n) is 9.77. The molecule has 0 radical (unpaired) electrons. The third kappa shape index (κ3) is 9.25. The topological polar surface area (TPSA) is 58.2 Å². The molecule has 2 amide bonds. The van der Waals surface area contributed by atoms with Crippen LogP contribution in [0, 0.1) is 0 Å². The molecule has 0 spiro atoms. The van der Waals surface area contributed by atoms with Crippen LogP contribution >= 0.6 is 0 Å². The molecule has 2 N–H and O–H groups in total. The molecule has 0 aromatic rings. The first kappa shape index (κ1) is 13.9. The van der Waals surface area contributed by atoms with Gasteiger partial charge in [0.05, 0.1) is 6.67 Å². The lowest BCUT2D eigenvalue weighted by molar-refractivity contribution is -0.122. The van der Waals surface area contributed by atoms with E-state index in [9.17, 15) is 9.59 Å². The Kier molecular flexibility index (Phi) is 8.82. The molecule has 0 aliphatic carbocycles. The lowest BCUT2D eigenvalue weighted by Gasteiger charge is -2.06. The van der Waals surface area contributed by atoms with Crippen molar-refractivity contribution in [1.29, 1.82) is 0 Å². The van der Waals surface area contributed by atoms with E-state index in [1.54, 1.807) is 0 Å². The van der Waals surface area contributed by atoms with Crippen molar-refractivity contribution in [2.24, 2.45) is 0 Å². The molecule has 0 aliphatic heterocycles. The van der Waals surface area contributed by atoms with Gasteiger partial charge < -0.3 is 10.6 Å². The molecule has 0 atom stereocenters. The summed E-state index contributed by atoms with van der Waals surface area (Å²) in [6.45, 7) is 4.30. The highest BCUT2D eigenvalue weighted by Crippen LogP contribution is 1.97. The van der Waals surface area contributed by atoms with Gasteiger partial charge in [-0.25, -0.2) is 0 Å². The largest absolute Gasteiger partial charge is 0.339 e. The van der Waals surface area contributed by atoms with Crippen molar-refractivity contribution in [3.63, 3.8) is 0 Å². The average Bonchev–Trinajstić information content (AvgIpc) is 2.18. The van der Waals surface area contributed by atoms with Crippen LogP contribution in [-0.4, -0.2) is 18.5 Å². The van der Waals surface area contributed by atoms with E-state index in [1.165, 1.54) is 0 Å². The minimum absolute atomic E-state index is 0.00800. The molecule has 0 fully saturated rings. The fourth-order valence-electron chi connectivity index (χ4n) is 1.18. The van der Waals surface area contributed by atoms with Gasteiger partial charge in [0, 0.05) is 12.8 Å². The highest BCUT2D eigenvalue weighted by Gasteiger charge is 2.01. The Bertz CT molecular complexity index is 193. The summed E-state index contributed by atoms with van der Waals surface area (Å²) >= 11 is 0. The molecule has 0 aromatic heterocycles. The molecule has 0 aliphatic rings. The van der Waals surface area contributed by atoms with Crippen molar-refractivity contribution in [1.82, 2.24) is 10.6 Å². The molecule has 0 unspecified atom stereocenters. The molecule has 0 saturated heterocycles. The summed E-state index contributed by atoms with van der Waals surface area (Å²) in [5.41, 5.74) is 0. The number of nitrogens with one attached hydrogen (secondary N) is 2. The monoisotopic (exact) mass is 214 g/mol. The van der Waals surface area contributed by atoms with Crippen LogP contribution in [-0.2, 0) is 9.59 Å². The van der Waals surface area contributed by atoms with Gasteiger partial charge in [-0.2, -0.15) is 0 Å². The molecule has 0 bridgehead atoms. The Hall–Kier alpha value is -1.06. The van der Waals surface area contributed by atoms with Gasteiger partial charge in [0.2, 0.25) is 11.8 Å². The molecule has 4 heteroatoms. The van der Waals surface area contributed by atoms with Crippen LogP contribution < -0.4 is 10.6 Å². The molecular formula is C11H22N2O2. The predicted molar refractivity (Wildman–Crippen MR) is 60.2 cm³/mol. The first-order valence-corrected chi connectivity index (χ1v) is 5.74. The smallest absolute Gasteiger partial charge is 0.221 e. The summed E-state index contributed by atoms with van der Waals surface area (Å²) in [6, 6.07) is 0. The van der Waals surface area contributed by atoms with Gasteiger partial charge in [-0.05, 0) is 12.8 Å². The van der Waals surface area contributed by atoms with E-state index in [4.69, 9.17) is 0 Å². The normalized spacial score (nSPS) is 9.73. The summed E-state index contributed by atoms with van der Waals surface area (Å²) < 4.78 is 0. The van der Waals surface area contributed by atoms with E-state index in [1.807, 2.05) is 6.92 Å². The van der Waals surface area contributed by atoms with Gasteiger partial charge >= 0.3 is 0 Å². The number of carbonyl (C=O) groups is 2. The Morgan fingerprint density at radius 2 is 1.47 bits per heavy atom. The molecule has 15 heavy (non-hydrogen) atoms. The number of rotatable bonds is 8. The van der Waals surface area contributed by atoms with Gasteiger partial charge in [0.15, 0.2) is 0 Å². The number of amides is 2. The first-order valence-electron chi connectivity index (χ1n) is 5.74. The fourth-order valence-corrected chi connectivity index (χ4v) is 1.18. The van der Waals surface area contributed by atoms with Gasteiger partial charge in [-0.15, -0.1) is 0 Å². The molecule has 0 rings (SSSR count). The highest BCUT2D eigenvalue weighted by molar-refractivity contribution is 5.78. The molecule has 88 valence electrons. The van der Waals surface area contributed by atoms with Crippen molar-refractivity contribution in [2.75, 3.05) is 6.67 Å². The minimum Gasteiger partial charge on any atom is -0.339 e. The molecule has 0 aromatic carbocycles. The van der Waals surface area contributed by atoms with Crippen LogP contribution in [0.5, 0.6) is 0 Å². The van der Waals surface area contributed by atoms with Crippen LogP contribution in [0.2, 0.25) is 0 Å². The summed E-state index contributed by atoms with van der Waals surface area (Å²) in [6.07, 6.45) is 5.01. The van der Waals surface area contributed by atoms with Crippen molar-refractivity contribution in [3.05, 3.63) is 0 Å². The number of hydrogen-bond acceptors (Lipinski definition) is 2. The lowest BCUT2D eigenvalue weighted by Crippen LogP contribution is -2.36. The molecule has 4 nitrogen and oxygen atoms in total. The Labute approximate surface area is 91.8 Å². The van der Waals surface area contributed by atoms with Crippen molar-refractivity contribution >= 4 is 11.8 Å². The quantitative estimate of drug-likeness (QED) is 0.476.